The van der Waals surface area contributed by atoms with Crippen LogP contribution in [-0.4, -0.2) is 44.1 Å². The van der Waals surface area contributed by atoms with Gasteiger partial charge in [0, 0.05) is 30.5 Å². The molecule has 1 aromatic carbocycles. The van der Waals surface area contributed by atoms with E-state index in [0.29, 0.717) is 43.9 Å². The molecular weight excluding hydrogens is 322 g/mol. The van der Waals surface area contributed by atoms with Crippen LogP contribution in [0, 0.1) is 0 Å². The third-order valence-electron chi connectivity index (χ3n) is 4.99. The molecule has 1 fully saturated rings. The summed E-state index contributed by atoms with van der Waals surface area (Å²) < 4.78 is 15.9. The highest BCUT2D eigenvalue weighted by Crippen LogP contribution is 2.50. The number of hydrogen-bond acceptors (Lipinski definition) is 5. The van der Waals surface area contributed by atoms with Crippen LogP contribution in [0.3, 0.4) is 0 Å². The van der Waals surface area contributed by atoms with Gasteiger partial charge in [0.25, 0.3) is 0 Å². The number of Topliss-reactive ketones (excluding diaryl/α,β-unsaturated/α-hetero) is 1. The Morgan fingerprint density at radius 3 is 2.68 bits per heavy atom. The summed E-state index contributed by atoms with van der Waals surface area (Å²) in [5, 5.41) is 0. The Hall–Kier alpha value is -2.50. The minimum Gasteiger partial charge on any atom is -0.493 e. The van der Waals surface area contributed by atoms with E-state index in [1.54, 1.807) is 26.0 Å². The zero-order valence-electron chi connectivity index (χ0n) is 14.8. The predicted molar refractivity (Wildman–Crippen MR) is 91.9 cm³/mol. The zero-order valence-corrected chi connectivity index (χ0v) is 14.8. The first-order valence-electron chi connectivity index (χ1n) is 8.45. The van der Waals surface area contributed by atoms with Gasteiger partial charge in [-0.05, 0) is 31.0 Å². The van der Waals surface area contributed by atoms with Gasteiger partial charge < -0.3 is 14.2 Å². The van der Waals surface area contributed by atoms with Crippen molar-refractivity contribution in [2.45, 2.75) is 31.6 Å². The number of benzene rings is 1. The second kappa shape index (κ2) is 6.78. The first kappa shape index (κ1) is 17.3. The van der Waals surface area contributed by atoms with E-state index in [2.05, 4.69) is 0 Å². The molecule has 1 heterocycles. The van der Waals surface area contributed by atoms with Gasteiger partial charge >= 0.3 is 6.09 Å². The van der Waals surface area contributed by atoms with E-state index in [9.17, 15) is 9.59 Å². The van der Waals surface area contributed by atoms with Crippen LogP contribution in [-0.2, 0) is 14.9 Å². The second-order valence-corrected chi connectivity index (χ2v) is 6.26. The molecule has 6 heteroatoms. The Labute approximate surface area is 147 Å². The topological polar surface area (TPSA) is 65.1 Å². The monoisotopic (exact) mass is 345 g/mol. The quantitative estimate of drug-likeness (QED) is 0.839. The van der Waals surface area contributed by atoms with Crippen LogP contribution in [0.5, 0.6) is 11.5 Å². The summed E-state index contributed by atoms with van der Waals surface area (Å²) in [4.78, 5) is 26.2. The van der Waals surface area contributed by atoms with Crippen LogP contribution >= 0.6 is 0 Å². The Bertz CT molecular complexity index is 727. The van der Waals surface area contributed by atoms with Gasteiger partial charge in [-0.25, -0.2) is 4.79 Å². The molecule has 0 aromatic heterocycles. The molecule has 3 rings (SSSR count). The molecule has 25 heavy (non-hydrogen) atoms. The molecule has 1 amide bonds. The van der Waals surface area contributed by atoms with Crippen LogP contribution in [0.4, 0.5) is 4.79 Å². The maximum absolute atomic E-state index is 12.3. The Morgan fingerprint density at radius 1 is 1.24 bits per heavy atom. The molecule has 1 unspecified atom stereocenters. The number of allylic oxidation sites excluding steroid dienone is 2. The number of likely N-dealkylation sites (tertiary alicyclic amines) is 1. The summed E-state index contributed by atoms with van der Waals surface area (Å²) in [5.41, 5.74) is 1.30. The molecule has 1 atom stereocenters. The van der Waals surface area contributed by atoms with Crippen molar-refractivity contribution in [3.8, 4) is 11.5 Å². The molecular formula is C19H23NO5. The summed E-state index contributed by atoms with van der Waals surface area (Å²) in [5.74, 6) is 1.42. The molecule has 1 aliphatic heterocycles. The van der Waals surface area contributed by atoms with Crippen LogP contribution in [0.25, 0.3) is 0 Å². The van der Waals surface area contributed by atoms with Crippen molar-refractivity contribution in [2.24, 2.45) is 0 Å². The standard InChI is InChI=1S/C19H23NO5/c1-4-25-18(22)20-10-9-19(12-14(21)6-8-17(19)20)13-5-7-15(23-2)16(11-13)24-3/h5,7-8,11H,4,6,9-10,12H2,1-3H3. The third kappa shape index (κ3) is 2.86. The number of methoxy groups -OCH3 is 2. The summed E-state index contributed by atoms with van der Waals surface area (Å²) in [6.45, 7) is 2.64. The van der Waals surface area contributed by atoms with E-state index in [1.165, 1.54) is 0 Å². The lowest BCUT2D eigenvalue weighted by Gasteiger charge is -2.35. The van der Waals surface area contributed by atoms with Gasteiger partial charge in [0.05, 0.1) is 20.8 Å². The lowest BCUT2D eigenvalue weighted by atomic mass is 9.70. The molecule has 1 aliphatic carbocycles. The lowest BCUT2D eigenvalue weighted by Crippen LogP contribution is -2.36. The Kier molecular flexibility index (Phi) is 4.70. The fourth-order valence-electron chi connectivity index (χ4n) is 3.83. The molecule has 134 valence electrons. The van der Waals surface area contributed by atoms with Gasteiger partial charge in [-0.1, -0.05) is 12.1 Å². The number of hydrogen-bond donors (Lipinski definition) is 0. The second-order valence-electron chi connectivity index (χ2n) is 6.26. The Morgan fingerprint density at radius 2 is 2.00 bits per heavy atom. The van der Waals surface area contributed by atoms with E-state index in [4.69, 9.17) is 14.2 Å². The van der Waals surface area contributed by atoms with Gasteiger partial charge in [0.1, 0.15) is 5.78 Å². The van der Waals surface area contributed by atoms with Crippen LogP contribution in [0.15, 0.2) is 30.0 Å². The van der Waals surface area contributed by atoms with Gasteiger partial charge in [-0.3, -0.25) is 9.69 Å². The maximum atomic E-state index is 12.3. The largest absolute Gasteiger partial charge is 0.493 e. The first-order valence-corrected chi connectivity index (χ1v) is 8.45. The van der Waals surface area contributed by atoms with Gasteiger partial charge in [0.2, 0.25) is 0 Å². The van der Waals surface area contributed by atoms with Gasteiger partial charge in [-0.15, -0.1) is 0 Å². The highest BCUT2D eigenvalue weighted by molar-refractivity contribution is 5.86. The molecule has 1 saturated heterocycles. The van der Waals surface area contributed by atoms with Crippen LogP contribution < -0.4 is 9.47 Å². The lowest BCUT2D eigenvalue weighted by molar-refractivity contribution is -0.119. The van der Waals surface area contributed by atoms with Crippen molar-refractivity contribution in [3.63, 3.8) is 0 Å². The molecule has 0 bridgehead atoms. The van der Waals surface area contributed by atoms with Crippen molar-refractivity contribution in [3.05, 3.63) is 35.5 Å². The summed E-state index contributed by atoms with van der Waals surface area (Å²) in [6.07, 6.45) is 2.92. The van der Waals surface area contributed by atoms with Crippen molar-refractivity contribution >= 4 is 11.9 Å². The number of amides is 1. The van der Waals surface area contributed by atoms with E-state index in [-0.39, 0.29) is 11.9 Å². The number of carbonyl (C=O) groups excluding carboxylic acids is 2. The van der Waals surface area contributed by atoms with Gasteiger partial charge in [-0.2, -0.15) is 0 Å². The fourth-order valence-corrected chi connectivity index (χ4v) is 3.83. The number of ketones is 1. The number of nitrogens with zero attached hydrogens (tertiary/aromatic N) is 1. The normalized spacial score (nSPS) is 22.3. The van der Waals surface area contributed by atoms with Crippen molar-refractivity contribution in [1.82, 2.24) is 4.90 Å². The zero-order chi connectivity index (χ0) is 18.0. The molecule has 0 N–H and O–H groups in total. The highest BCUT2D eigenvalue weighted by Gasteiger charge is 2.49. The molecule has 0 saturated carbocycles. The van der Waals surface area contributed by atoms with E-state index in [0.717, 1.165) is 11.3 Å². The fraction of sp³-hybridized carbons (Fsp3) is 0.474. The number of fused-ring (bicyclic) bond motifs is 1. The highest BCUT2D eigenvalue weighted by atomic mass is 16.6. The minimum atomic E-state index is -0.512. The van der Waals surface area contributed by atoms with E-state index in [1.807, 2.05) is 24.3 Å². The number of ether oxygens (including phenoxy) is 3. The number of carbonyl (C=O) groups is 2. The minimum absolute atomic E-state index is 0.171. The first-order chi connectivity index (χ1) is 12.1. The summed E-state index contributed by atoms with van der Waals surface area (Å²) in [6, 6.07) is 5.69. The smallest absolute Gasteiger partial charge is 0.414 e. The Balaban J connectivity index is 2.05. The summed E-state index contributed by atoms with van der Waals surface area (Å²) in [7, 11) is 3.17. The summed E-state index contributed by atoms with van der Waals surface area (Å²) >= 11 is 0. The van der Waals surface area contributed by atoms with E-state index < -0.39 is 5.41 Å². The average molecular weight is 345 g/mol. The maximum Gasteiger partial charge on any atom is 0.414 e. The molecule has 2 aliphatic rings. The van der Waals surface area contributed by atoms with Gasteiger partial charge in [0.15, 0.2) is 11.5 Å². The van der Waals surface area contributed by atoms with E-state index >= 15 is 0 Å². The molecule has 6 nitrogen and oxygen atoms in total. The van der Waals surface area contributed by atoms with Crippen LogP contribution in [0.1, 0.15) is 31.7 Å². The predicted octanol–water partition coefficient (Wildman–Crippen LogP) is 3.05. The molecule has 0 spiro atoms. The van der Waals surface area contributed by atoms with Crippen molar-refractivity contribution in [2.75, 3.05) is 27.4 Å². The third-order valence-corrected chi connectivity index (χ3v) is 4.99. The average Bonchev–Trinajstić information content (AvgIpc) is 3.01. The molecule has 0 radical (unpaired) electrons. The molecule has 1 aromatic rings. The van der Waals surface area contributed by atoms with Crippen molar-refractivity contribution < 1.29 is 23.8 Å². The SMILES string of the molecule is CCOC(=O)N1CCC2(c3ccc(OC)c(OC)c3)CC(=O)CC=C12. The number of rotatable bonds is 4. The van der Waals surface area contributed by atoms with Crippen molar-refractivity contribution in [1.29, 1.82) is 0 Å². The van der Waals surface area contributed by atoms with Crippen LogP contribution in [0.2, 0.25) is 0 Å².